The molecule has 0 bridgehead atoms. The SMILES string of the molecule is Cc1ccc(/C=C/S(=O)(=O)NCCC(=O)Nc2ccc(C(C)(C)C)cc2)cc1. The van der Waals surface area contributed by atoms with Crippen molar-refractivity contribution in [3.05, 3.63) is 70.6 Å². The first-order chi connectivity index (χ1) is 13.0. The van der Waals surface area contributed by atoms with Crippen LogP contribution in [0.25, 0.3) is 6.08 Å². The Morgan fingerprint density at radius 2 is 1.61 bits per heavy atom. The molecule has 0 aliphatic heterocycles. The Morgan fingerprint density at radius 1 is 1.00 bits per heavy atom. The monoisotopic (exact) mass is 400 g/mol. The van der Waals surface area contributed by atoms with Crippen molar-refractivity contribution >= 4 is 27.7 Å². The summed E-state index contributed by atoms with van der Waals surface area (Å²) in [5.74, 6) is -0.242. The Balaban J connectivity index is 1.81. The summed E-state index contributed by atoms with van der Waals surface area (Å²) in [6.07, 6.45) is 1.58. The van der Waals surface area contributed by atoms with Crippen LogP contribution in [0.1, 0.15) is 43.9 Å². The third-order valence-electron chi connectivity index (χ3n) is 4.21. The molecule has 0 fully saturated rings. The second-order valence-electron chi connectivity index (χ2n) is 7.78. The minimum Gasteiger partial charge on any atom is -0.326 e. The van der Waals surface area contributed by atoms with Crippen molar-refractivity contribution in [1.29, 1.82) is 0 Å². The minimum atomic E-state index is -3.59. The molecular formula is C22H28N2O3S. The van der Waals surface area contributed by atoms with Crippen molar-refractivity contribution in [3.63, 3.8) is 0 Å². The number of hydrogen-bond donors (Lipinski definition) is 2. The van der Waals surface area contributed by atoms with Crippen molar-refractivity contribution in [2.75, 3.05) is 11.9 Å². The van der Waals surface area contributed by atoms with Crippen LogP contribution in [0.3, 0.4) is 0 Å². The van der Waals surface area contributed by atoms with Gasteiger partial charge in [0.1, 0.15) is 0 Å². The van der Waals surface area contributed by atoms with E-state index in [1.54, 1.807) is 0 Å². The second-order valence-corrected chi connectivity index (χ2v) is 9.43. The molecule has 2 N–H and O–H groups in total. The van der Waals surface area contributed by atoms with E-state index in [-0.39, 0.29) is 24.3 Å². The van der Waals surface area contributed by atoms with Gasteiger partial charge in [0.15, 0.2) is 0 Å². The van der Waals surface area contributed by atoms with Crippen LogP contribution in [0.15, 0.2) is 53.9 Å². The summed E-state index contributed by atoms with van der Waals surface area (Å²) < 4.78 is 26.4. The van der Waals surface area contributed by atoms with Gasteiger partial charge in [-0.05, 0) is 41.7 Å². The molecule has 1 amide bonds. The van der Waals surface area contributed by atoms with E-state index in [4.69, 9.17) is 0 Å². The maximum atomic E-state index is 12.0. The van der Waals surface area contributed by atoms with Crippen LogP contribution in [-0.4, -0.2) is 20.9 Å². The molecule has 0 atom stereocenters. The highest BCUT2D eigenvalue weighted by Gasteiger charge is 2.13. The third-order valence-corrected chi connectivity index (χ3v) is 5.31. The van der Waals surface area contributed by atoms with Crippen molar-refractivity contribution in [1.82, 2.24) is 4.72 Å². The number of nitrogens with one attached hydrogen (secondary N) is 2. The van der Waals surface area contributed by atoms with E-state index in [0.29, 0.717) is 5.69 Å². The Morgan fingerprint density at radius 3 is 2.18 bits per heavy atom. The zero-order valence-electron chi connectivity index (χ0n) is 16.8. The molecule has 2 aromatic carbocycles. The maximum absolute atomic E-state index is 12.0. The summed E-state index contributed by atoms with van der Waals surface area (Å²) in [5, 5.41) is 3.89. The van der Waals surface area contributed by atoms with E-state index in [9.17, 15) is 13.2 Å². The molecule has 28 heavy (non-hydrogen) atoms. The summed E-state index contributed by atoms with van der Waals surface area (Å²) in [6.45, 7) is 8.38. The lowest BCUT2D eigenvalue weighted by Crippen LogP contribution is -2.26. The molecule has 5 nitrogen and oxygen atoms in total. The van der Waals surface area contributed by atoms with Gasteiger partial charge in [-0.3, -0.25) is 4.79 Å². The number of amides is 1. The highest BCUT2D eigenvalue weighted by molar-refractivity contribution is 7.92. The van der Waals surface area contributed by atoms with Gasteiger partial charge >= 0.3 is 0 Å². The Labute approximate surface area is 167 Å². The number of benzene rings is 2. The van der Waals surface area contributed by atoms with Gasteiger partial charge < -0.3 is 5.32 Å². The fourth-order valence-corrected chi connectivity index (χ4v) is 3.30. The molecule has 0 unspecified atom stereocenters. The first kappa shape index (κ1) is 21.9. The number of aryl methyl sites for hydroxylation is 1. The van der Waals surface area contributed by atoms with E-state index in [0.717, 1.165) is 16.5 Å². The molecule has 0 saturated heterocycles. The molecule has 2 rings (SSSR count). The molecular weight excluding hydrogens is 372 g/mol. The predicted molar refractivity (Wildman–Crippen MR) is 116 cm³/mol. The first-order valence-corrected chi connectivity index (χ1v) is 10.7. The second kappa shape index (κ2) is 9.17. The topological polar surface area (TPSA) is 75.3 Å². The van der Waals surface area contributed by atoms with Gasteiger partial charge in [-0.1, -0.05) is 62.7 Å². The van der Waals surface area contributed by atoms with Gasteiger partial charge in [-0.15, -0.1) is 0 Å². The van der Waals surface area contributed by atoms with Crippen LogP contribution >= 0.6 is 0 Å². The van der Waals surface area contributed by atoms with Crippen molar-refractivity contribution in [3.8, 4) is 0 Å². The smallest absolute Gasteiger partial charge is 0.233 e. The molecule has 0 radical (unpaired) electrons. The van der Waals surface area contributed by atoms with Gasteiger partial charge in [0.05, 0.1) is 0 Å². The summed E-state index contributed by atoms with van der Waals surface area (Å²) in [5.41, 5.74) is 3.83. The van der Waals surface area contributed by atoms with Crippen LogP contribution in [-0.2, 0) is 20.2 Å². The van der Waals surface area contributed by atoms with Crippen LogP contribution in [0.2, 0.25) is 0 Å². The van der Waals surface area contributed by atoms with Crippen molar-refractivity contribution in [2.45, 2.75) is 39.5 Å². The number of sulfonamides is 1. The normalized spacial score (nSPS) is 12.3. The lowest BCUT2D eigenvalue weighted by atomic mass is 9.87. The van der Waals surface area contributed by atoms with E-state index >= 15 is 0 Å². The highest BCUT2D eigenvalue weighted by Crippen LogP contribution is 2.23. The van der Waals surface area contributed by atoms with Crippen LogP contribution < -0.4 is 10.0 Å². The van der Waals surface area contributed by atoms with Crippen molar-refractivity contribution in [2.24, 2.45) is 0 Å². The fraction of sp³-hybridized carbons (Fsp3) is 0.318. The predicted octanol–water partition coefficient (Wildman–Crippen LogP) is 4.21. The van der Waals surface area contributed by atoms with E-state index in [1.807, 2.05) is 55.5 Å². The molecule has 0 aliphatic carbocycles. The zero-order valence-corrected chi connectivity index (χ0v) is 17.6. The number of anilines is 1. The number of hydrogen-bond acceptors (Lipinski definition) is 3. The number of rotatable bonds is 7. The van der Waals surface area contributed by atoms with E-state index < -0.39 is 10.0 Å². The highest BCUT2D eigenvalue weighted by atomic mass is 32.2. The fourth-order valence-electron chi connectivity index (χ4n) is 2.48. The Hall–Kier alpha value is -2.44. The standard InChI is InChI=1S/C22H28N2O3S/c1-17-5-7-18(8-6-17)14-16-28(26,27)23-15-13-21(25)24-20-11-9-19(10-12-20)22(2,3)4/h5-12,14,16,23H,13,15H2,1-4H3,(H,24,25)/b16-14+. The molecule has 0 aliphatic rings. The van der Waals surface area contributed by atoms with E-state index in [2.05, 4.69) is 30.8 Å². The van der Waals surface area contributed by atoms with Crippen molar-refractivity contribution < 1.29 is 13.2 Å². The van der Waals surface area contributed by atoms with Gasteiger partial charge in [-0.25, -0.2) is 13.1 Å². The third kappa shape index (κ3) is 7.29. The summed E-state index contributed by atoms with van der Waals surface area (Å²) in [6, 6.07) is 15.2. The van der Waals surface area contributed by atoms with Crippen LogP contribution in [0.4, 0.5) is 5.69 Å². The van der Waals surface area contributed by atoms with Gasteiger partial charge in [-0.2, -0.15) is 0 Å². The molecule has 0 heterocycles. The minimum absolute atomic E-state index is 0.0342. The molecule has 0 aromatic heterocycles. The van der Waals surface area contributed by atoms with Gasteiger partial charge in [0.2, 0.25) is 15.9 Å². The maximum Gasteiger partial charge on any atom is 0.233 e. The summed E-state index contributed by atoms with van der Waals surface area (Å²) >= 11 is 0. The van der Waals surface area contributed by atoms with Crippen LogP contribution in [0, 0.1) is 6.92 Å². The summed E-state index contributed by atoms with van der Waals surface area (Å²) in [7, 11) is -3.59. The lowest BCUT2D eigenvalue weighted by Gasteiger charge is -2.19. The number of carbonyl (C=O) groups is 1. The molecule has 150 valence electrons. The average molecular weight is 401 g/mol. The molecule has 0 saturated carbocycles. The van der Waals surface area contributed by atoms with Crippen LogP contribution in [0.5, 0.6) is 0 Å². The molecule has 6 heteroatoms. The Bertz CT molecular complexity index is 923. The average Bonchev–Trinajstić information content (AvgIpc) is 2.61. The zero-order chi connectivity index (χ0) is 20.8. The number of carbonyl (C=O) groups excluding carboxylic acids is 1. The Kier molecular flexibility index (Phi) is 7.16. The van der Waals surface area contributed by atoms with E-state index in [1.165, 1.54) is 11.6 Å². The largest absolute Gasteiger partial charge is 0.326 e. The van der Waals surface area contributed by atoms with Gasteiger partial charge in [0.25, 0.3) is 0 Å². The first-order valence-electron chi connectivity index (χ1n) is 9.20. The quantitative estimate of drug-likeness (QED) is 0.731. The summed E-state index contributed by atoms with van der Waals surface area (Å²) in [4.78, 5) is 12.0. The molecule has 2 aromatic rings. The van der Waals surface area contributed by atoms with Gasteiger partial charge in [0, 0.05) is 24.1 Å². The molecule has 0 spiro atoms. The lowest BCUT2D eigenvalue weighted by molar-refractivity contribution is -0.116.